The van der Waals surface area contributed by atoms with Crippen LogP contribution in [0.15, 0.2) is 40.7 Å². The Labute approximate surface area is 128 Å². The quantitative estimate of drug-likeness (QED) is 0.926. The van der Waals surface area contributed by atoms with E-state index in [0.717, 1.165) is 16.5 Å². The number of nitrogens with zero attached hydrogens (tertiary/aromatic N) is 2. The smallest absolute Gasteiger partial charge is 0.208 e. The van der Waals surface area contributed by atoms with Crippen LogP contribution in [0, 0.1) is 11.3 Å². The number of ether oxygens (including phenoxy) is 2. The number of benzene rings is 1. The van der Waals surface area contributed by atoms with Crippen LogP contribution in [-0.4, -0.2) is 25.9 Å². The van der Waals surface area contributed by atoms with Crippen molar-refractivity contribution in [3.63, 3.8) is 0 Å². The Kier molecular flexibility index (Phi) is 5.12. The molecule has 0 saturated carbocycles. The maximum atomic E-state index is 9.47. The highest BCUT2D eigenvalue weighted by Gasteiger charge is 2.29. The van der Waals surface area contributed by atoms with Gasteiger partial charge >= 0.3 is 0 Å². The Morgan fingerprint density at radius 3 is 2.62 bits per heavy atom. The van der Waals surface area contributed by atoms with E-state index in [2.05, 4.69) is 16.4 Å². The van der Waals surface area contributed by atoms with Crippen molar-refractivity contribution < 1.29 is 9.47 Å². The summed E-state index contributed by atoms with van der Waals surface area (Å²) in [5.41, 5.74) is 1.58. The number of hydrogen-bond acceptors (Lipinski definition) is 5. The molecule has 1 aliphatic rings. The summed E-state index contributed by atoms with van der Waals surface area (Å²) >= 11 is 1.50. The fourth-order valence-corrected chi connectivity index (χ4v) is 3.02. The molecule has 6 heteroatoms. The van der Waals surface area contributed by atoms with E-state index in [-0.39, 0.29) is 5.25 Å². The summed E-state index contributed by atoms with van der Waals surface area (Å²) in [7, 11) is 3.34. The summed E-state index contributed by atoms with van der Waals surface area (Å²) in [6.45, 7) is 2.38. The van der Waals surface area contributed by atoms with Gasteiger partial charge in [0, 0.05) is 7.05 Å². The SMILES string of the molecule is CCOC1=C(C#N)C(c2ccc(OC)cc2)SC(=NC)N1. The van der Waals surface area contributed by atoms with Gasteiger partial charge in [-0.1, -0.05) is 23.9 Å². The van der Waals surface area contributed by atoms with E-state index in [1.165, 1.54) is 11.8 Å². The van der Waals surface area contributed by atoms with E-state index in [9.17, 15) is 5.26 Å². The largest absolute Gasteiger partial charge is 0.497 e. The van der Waals surface area contributed by atoms with Crippen molar-refractivity contribution in [2.45, 2.75) is 12.2 Å². The van der Waals surface area contributed by atoms with Gasteiger partial charge in [0.1, 0.15) is 17.4 Å². The molecule has 0 spiro atoms. The first-order chi connectivity index (χ1) is 10.2. The Morgan fingerprint density at radius 2 is 2.10 bits per heavy atom. The Hall–Kier alpha value is -2.13. The summed E-state index contributed by atoms with van der Waals surface area (Å²) < 4.78 is 10.7. The van der Waals surface area contributed by atoms with Crippen LogP contribution in [0.3, 0.4) is 0 Å². The van der Waals surface area contributed by atoms with Crippen LogP contribution in [0.25, 0.3) is 0 Å². The highest BCUT2D eigenvalue weighted by Crippen LogP contribution is 2.40. The lowest BCUT2D eigenvalue weighted by Crippen LogP contribution is -2.29. The molecular weight excluding hydrogens is 286 g/mol. The molecule has 1 aromatic carbocycles. The lowest BCUT2D eigenvalue weighted by Gasteiger charge is -2.26. The molecule has 21 heavy (non-hydrogen) atoms. The van der Waals surface area contributed by atoms with Gasteiger partial charge in [-0.15, -0.1) is 0 Å². The fourth-order valence-electron chi connectivity index (χ4n) is 1.97. The molecule has 0 amide bonds. The van der Waals surface area contributed by atoms with Gasteiger partial charge < -0.3 is 14.8 Å². The van der Waals surface area contributed by atoms with Crippen LogP contribution in [-0.2, 0) is 4.74 Å². The van der Waals surface area contributed by atoms with Crippen molar-refractivity contribution in [1.82, 2.24) is 5.32 Å². The van der Waals surface area contributed by atoms with Crippen molar-refractivity contribution in [2.75, 3.05) is 20.8 Å². The van der Waals surface area contributed by atoms with Crippen LogP contribution in [0.5, 0.6) is 5.75 Å². The molecule has 5 nitrogen and oxygen atoms in total. The van der Waals surface area contributed by atoms with Gasteiger partial charge in [0.15, 0.2) is 5.17 Å². The molecule has 0 aromatic heterocycles. The minimum Gasteiger partial charge on any atom is -0.497 e. The number of hydrogen-bond donors (Lipinski definition) is 1. The monoisotopic (exact) mass is 303 g/mol. The molecule has 0 fully saturated rings. The summed E-state index contributed by atoms with van der Waals surface area (Å²) in [5.74, 6) is 1.27. The van der Waals surface area contributed by atoms with Gasteiger partial charge in [-0.2, -0.15) is 5.26 Å². The van der Waals surface area contributed by atoms with E-state index < -0.39 is 0 Å². The third kappa shape index (κ3) is 3.31. The Morgan fingerprint density at radius 1 is 1.38 bits per heavy atom. The fraction of sp³-hybridized carbons (Fsp3) is 0.333. The molecule has 1 atom stereocenters. The second kappa shape index (κ2) is 7.04. The molecular formula is C15H17N3O2S. The molecule has 1 aromatic rings. The number of nitriles is 1. The Balaban J connectivity index is 2.42. The topological polar surface area (TPSA) is 66.6 Å². The number of aliphatic imine (C=N–C) groups is 1. The van der Waals surface area contributed by atoms with Gasteiger partial charge in [-0.3, -0.25) is 4.99 Å². The molecule has 1 heterocycles. The summed E-state index contributed by atoms with van der Waals surface area (Å²) in [6, 6.07) is 9.92. The first-order valence-corrected chi connectivity index (χ1v) is 7.42. The molecule has 0 radical (unpaired) electrons. The number of methoxy groups -OCH3 is 1. The summed E-state index contributed by atoms with van der Waals surface area (Å²) in [6.07, 6.45) is 0. The van der Waals surface area contributed by atoms with Crippen LogP contribution < -0.4 is 10.1 Å². The third-order valence-corrected chi connectivity index (χ3v) is 4.24. The molecule has 1 aliphatic heterocycles. The second-order valence-electron chi connectivity index (χ2n) is 4.21. The average molecular weight is 303 g/mol. The Bertz CT molecular complexity index is 602. The molecule has 0 saturated heterocycles. The minimum absolute atomic E-state index is 0.137. The summed E-state index contributed by atoms with van der Waals surface area (Å²) in [5, 5.41) is 13.1. The molecule has 2 rings (SSSR count). The van der Waals surface area contributed by atoms with E-state index in [1.807, 2.05) is 31.2 Å². The van der Waals surface area contributed by atoms with Gasteiger partial charge in [-0.05, 0) is 24.6 Å². The number of amidine groups is 1. The van der Waals surface area contributed by atoms with Crippen molar-refractivity contribution in [1.29, 1.82) is 5.26 Å². The van der Waals surface area contributed by atoms with Crippen molar-refractivity contribution in [3.8, 4) is 11.8 Å². The maximum Gasteiger partial charge on any atom is 0.208 e. The predicted octanol–water partition coefficient (Wildman–Crippen LogP) is 2.83. The average Bonchev–Trinajstić information content (AvgIpc) is 2.54. The third-order valence-electron chi connectivity index (χ3n) is 2.99. The van der Waals surface area contributed by atoms with Gasteiger partial charge in [0.05, 0.1) is 19.0 Å². The zero-order chi connectivity index (χ0) is 15.2. The number of thioether (sulfide) groups is 1. The number of rotatable bonds is 4. The van der Waals surface area contributed by atoms with Crippen LogP contribution in [0.4, 0.5) is 0 Å². The van der Waals surface area contributed by atoms with Crippen molar-refractivity contribution in [2.24, 2.45) is 4.99 Å². The van der Waals surface area contributed by atoms with Crippen molar-refractivity contribution >= 4 is 16.9 Å². The summed E-state index contributed by atoms with van der Waals surface area (Å²) in [4.78, 5) is 4.18. The second-order valence-corrected chi connectivity index (χ2v) is 5.31. The van der Waals surface area contributed by atoms with Gasteiger partial charge in [0.2, 0.25) is 5.88 Å². The lowest BCUT2D eigenvalue weighted by atomic mass is 10.1. The first kappa shape index (κ1) is 15.3. The molecule has 110 valence electrons. The van der Waals surface area contributed by atoms with Crippen LogP contribution in [0.2, 0.25) is 0 Å². The van der Waals surface area contributed by atoms with E-state index in [0.29, 0.717) is 18.1 Å². The van der Waals surface area contributed by atoms with Crippen LogP contribution in [0.1, 0.15) is 17.7 Å². The molecule has 1 unspecified atom stereocenters. The normalized spacial score (nSPS) is 19.9. The van der Waals surface area contributed by atoms with Gasteiger partial charge in [-0.25, -0.2) is 0 Å². The molecule has 0 aliphatic carbocycles. The predicted molar refractivity (Wildman–Crippen MR) is 84.1 cm³/mol. The standard InChI is InChI=1S/C15H17N3O2S/c1-4-20-14-12(9-16)13(21-15(17-2)18-14)10-5-7-11(19-3)8-6-10/h5-8,13H,4H2,1-3H3,(H,17,18). The zero-order valence-corrected chi connectivity index (χ0v) is 13.0. The molecule has 1 N–H and O–H groups in total. The van der Waals surface area contributed by atoms with E-state index >= 15 is 0 Å². The number of nitrogens with one attached hydrogen (secondary N) is 1. The maximum absolute atomic E-state index is 9.47. The lowest BCUT2D eigenvalue weighted by molar-refractivity contribution is 0.213. The first-order valence-electron chi connectivity index (χ1n) is 6.55. The van der Waals surface area contributed by atoms with E-state index in [4.69, 9.17) is 9.47 Å². The minimum atomic E-state index is -0.137. The van der Waals surface area contributed by atoms with Crippen LogP contribution >= 0.6 is 11.8 Å². The van der Waals surface area contributed by atoms with Crippen molar-refractivity contribution in [3.05, 3.63) is 41.3 Å². The highest BCUT2D eigenvalue weighted by molar-refractivity contribution is 8.14. The highest BCUT2D eigenvalue weighted by atomic mass is 32.2. The molecule has 0 bridgehead atoms. The van der Waals surface area contributed by atoms with Gasteiger partial charge in [0.25, 0.3) is 0 Å². The van der Waals surface area contributed by atoms with E-state index in [1.54, 1.807) is 14.2 Å². The zero-order valence-electron chi connectivity index (χ0n) is 12.2.